The highest BCUT2D eigenvalue weighted by Gasteiger charge is 2.10. The van der Waals surface area contributed by atoms with E-state index in [0.29, 0.717) is 0 Å². The van der Waals surface area contributed by atoms with Gasteiger partial charge in [0.25, 0.3) is 0 Å². The zero-order chi connectivity index (χ0) is 12.8. The van der Waals surface area contributed by atoms with Gasteiger partial charge in [0.1, 0.15) is 0 Å². The monoisotopic (exact) mass is 253 g/mol. The molecule has 88 valence electrons. The molecular formula is C11H8ClNO4. The van der Waals surface area contributed by atoms with Crippen molar-refractivity contribution in [2.75, 3.05) is 11.9 Å². The van der Waals surface area contributed by atoms with E-state index in [4.69, 9.17) is 23.1 Å². The number of nitrogens with one attached hydrogen (secondary N) is 1. The standard InChI is InChI=1S/C11H8ClNO4/c1-2-5-17-11(16)13-7-3-4-9(12)8(6-7)10(14)15/h1,3-4,6H,5H2,(H,13,16)(H,14,15). The average molecular weight is 254 g/mol. The molecule has 0 aliphatic rings. The Hall–Kier alpha value is -2.19. The summed E-state index contributed by atoms with van der Waals surface area (Å²) in [6.45, 7) is -0.161. The molecule has 0 aliphatic carbocycles. The van der Waals surface area contributed by atoms with Crippen LogP contribution in [0, 0.1) is 12.3 Å². The highest BCUT2D eigenvalue weighted by molar-refractivity contribution is 6.33. The van der Waals surface area contributed by atoms with Gasteiger partial charge < -0.3 is 9.84 Å². The first-order chi connectivity index (χ1) is 8.04. The topological polar surface area (TPSA) is 75.6 Å². The van der Waals surface area contributed by atoms with Gasteiger partial charge in [-0.25, -0.2) is 9.59 Å². The minimum Gasteiger partial charge on any atom is -0.478 e. The highest BCUT2D eigenvalue weighted by Crippen LogP contribution is 2.20. The molecule has 17 heavy (non-hydrogen) atoms. The number of hydrogen-bond acceptors (Lipinski definition) is 3. The van der Waals surface area contributed by atoms with E-state index >= 15 is 0 Å². The van der Waals surface area contributed by atoms with Crippen LogP contribution >= 0.6 is 11.6 Å². The van der Waals surface area contributed by atoms with E-state index in [9.17, 15) is 9.59 Å². The number of amides is 1. The van der Waals surface area contributed by atoms with E-state index < -0.39 is 12.1 Å². The SMILES string of the molecule is C#CCOC(=O)Nc1ccc(Cl)c(C(=O)O)c1. The van der Waals surface area contributed by atoms with E-state index in [2.05, 4.69) is 16.0 Å². The molecule has 0 aromatic heterocycles. The number of anilines is 1. The number of benzene rings is 1. The molecule has 1 rings (SSSR count). The third-order valence-electron chi connectivity index (χ3n) is 1.73. The second-order valence-electron chi connectivity index (χ2n) is 2.91. The fourth-order valence-electron chi connectivity index (χ4n) is 1.03. The van der Waals surface area contributed by atoms with Crippen molar-refractivity contribution in [1.29, 1.82) is 0 Å². The Kier molecular flexibility index (Phi) is 4.37. The van der Waals surface area contributed by atoms with E-state index in [1.165, 1.54) is 18.2 Å². The lowest BCUT2D eigenvalue weighted by molar-refractivity contribution is 0.0697. The minimum absolute atomic E-state index is 0.0834. The van der Waals surface area contributed by atoms with Crippen molar-refractivity contribution in [3.05, 3.63) is 28.8 Å². The molecule has 0 saturated carbocycles. The largest absolute Gasteiger partial charge is 0.478 e. The molecule has 1 aromatic carbocycles. The maximum Gasteiger partial charge on any atom is 0.412 e. The van der Waals surface area contributed by atoms with Gasteiger partial charge >= 0.3 is 12.1 Å². The highest BCUT2D eigenvalue weighted by atomic mass is 35.5. The molecule has 0 radical (unpaired) electrons. The summed E-state index contributed by atoms with van der Waals surface area (Å²) in [4.78, 5) is 21.9. The summed E-state index contributed by atoms with van der Waals surface area (Å²) in [6, 6.07) is 4.04. The number of hydrogen-bond donors (Lipinski definition) is 2. The fraction of sp³-hybridized carbons (Fsp3) is 0.0909. The number of halogens is 1. The van der Waals surface area contributed by atoms with Crippen molar-refractivity contribution in [1.82, 2.24) is 0 Å². The number of aromatic carboxylic acids is 1. The van der Waals surface area contributed by atoms with Crippen LogP contribution in [0.25, 0.3) is 0 Å². The van der Waals surface area contributed by atoms with Crippen molar-refractivity contribution in [2.45, 2.75) is 0 Å². The summed E-state index contributed by atoms with van der Waals surface area (Å²) in [5.74, 6) is 0.940. The Balaban J connectivity index is 2.80. The predicted molar refractivity (Wildman–Crippen MR) is 62.2 cm³/mol. The first-order valence-corrected chi connectivity index (χ1v) is 4.82. The summed E-state index contributed by atoms with van der Waals surface area (Å²) in [5.41, 5.74) is 0.148. The Labute approximate surface area is 102 Å². The summed E-state index contributed by atoms with van der Waals surface area (Å²) in [5, 5.41) is 11.2. The van der Waals surface area contributed by atoms with E-state index in [0.717, 1.165) is 0 Å². The van der Waals surface area contributed by atoms with Crippen molar-refractivity contribution in [3.8, 4) is 12.3 Å². The zero-order valence-electron chi connectivity index (χ0n) is 8.57. The van der Waals surface area contributed by atoms with E-state index in [1.807, 2.05) is 0 Å². The van der Waals surface area contributed by atoms with Gasteiger partial charge in [0.05, 0.1) is 10.6 Å². The number of carbonyl (C=O) groups excluding carboxylic acids is 1. The summed E-state index contributed by atoms with van der Waals surface area (Å²) in [6.07, 6.45) is 4.14. The molecule has 0 spiro atoms. The molecular weight excluding hydrogens is 246 g/mol. The Bertz CT molecular complexity index is 493. The molecule has 5 nitrogen and oxygen atoms in total. The first kappa shape index (κ1) is 12.9. The third-order valence-corrected chi connectivity index (χ3v) is 2.06. The van der Waals surface area contributed by atoms with Gasteiger partial charge in [-0.2, -0.15) is 0 Å². The minimum atomic E-state index is -1.18. The van der Waals surface area contributed by atoms with Gasteiger partial charge in [-0.15, -0.1) is 6.42 Å². The normalized spacial score (nSPS) is 9.18. The maximum absolute atomic E-state index is 11.1. The second-order valence-corrected chi connectivity index (χ2v) is 3.31. The van der Waals surface area contributed by atoms with Crippen LogP contribution < -0.4 is 5.32 Å². The molecule has 0 fully saturated rings. The molecule has 0 atom stereocenters. The maximum atomic E-state index is 11.1. The smallest absolute Gasteiger partial charge is 0.412 e. The van der Waals surface area contributed by atoms with Gasteiger partial charge in [-0.05, 0) is 18.2 Å². The average Bonchev–Trinajstić information content (AvgIpc) is 2.28. The molecule has 1 aromatic rings. The van der Waals surface area contributed by atoms with Crippen LogP contribution in [0.2, 0.25) is 5.02 Å². The number of rotatable bonds is 3. The molecule has 0 bridgehead atoms. The van der Waals surface area contributed by atoms with Gasteiger partial charge in [-0.1, -0.05) is 17.5 Å². The lowest BCUT2D eigenvalue weighted by Gasteiger charge is -2.06. The van der Waals surface area contributed by atoms with Crippen LogP contribution in [0.1, 0.15) is 10.4 Å². The number of carboxylic acids is 1. The van der Waals surface area contributed by atoms with E-state index in [-0.39, 0.29) is 22.9 Å². The summed E-state index contributed by atoms with van der Waals surface area (Å²) < 4.78 is 4.56. The summed E-state index contributed by atoms with van der Waals surface area (Å²) in [7, 11) is 0. The number of ether oxygens (including phenoxy) is 1. The Morgan fingerprint density at radius 3 is 2.82 bits per heavy atom. The number of carboxylic acid groups (broad SMARTS) is 1. The second kappa shape index (κ2) is 5.77. The number of terminal acetylenes is 1. The molecule has 1 amide bonds. The number of carbonyl (C=O) groups is 2. The van der Waals surface area contributed by atoms with Crippen LogP contribution in [0.4, 0.5) is 10.5 Å². The molecule has 0 aliphatic heterocycles. The van der Waals surface area contributed by atoms with Crippen LogP contribution in [-0.2, 0) is 4.74 Å². The van der Waals surface area contributed by atoms with Crippen molar-refractivity contribution in [3.63, 3.8) is 0 Å². The lowest BCUT2D eigenvalue weighted by Crippen LogP contribution is -2.14. The molecule has 6 heteroatoms. The molecule has 2 N–H and O–H groups in total. The van der Waals surface area contributed by atoms with Crippen molar-refractivity contribution < 1.29 is 19.4 Å². The van der Waals surface area contributed by atoms with Gasteiger partial charge in [-0.3, -0.25) is 5.32 Å². The van der Waals surface area contributed by atoms with E-state index in [1.54, 1.807) is 0 Å². The van der Waals surface area contributed by atoms with Gasteiger partial charge in [0.2, 0.25) is 0 Å². The van der Waals surface area contributed by atoms with Crippen molar-refractivity contribution >= 4 is 29.4 Å². The Morgan fingerprint density at radius 2 is 2.24 bits per heavy atom. The van der Waals surface area contributed by atoms with Crippen LogP contribution in [0.3, 0.4) is 0 Å². The van der Waals surface area contributed by atoms with Crippen LogP contribution in [0.15, 0.2) is 18.2 Å². The van der Waals surface area contributed by atoms with Crippen LogP contribution in [-0.4, -0.2) is 23.8 Å². The molecule has 0 unspecified atom stereocenters. The van der Waals surface area contributed by atoms with Crippen molar-refractivity contribution in [2.24, 2.45) is 0 Å². The first-order valence-electron chi connectivity index (χ1n) is 4.44. The quantitative estimate of drug-likeness (QED) is 0.810. The van der Waals surface area contributed by atoms with Crippen LogP contribution in [0.5, 0.6) is 0 Å². The fourth-order valence-corrected chi connectivity index (χ4v) is 1.23. The zero-order valence-corrected chi connectivity index (χ0v) is 9.32. The lowest BCUT2D eigenvalue weighted by atomic mass is 10.2. The predicted octanol–water partition coefficient (Wildman–Crippen LogP) is 2.22. The van der Waals surface area contributed by atoms with Gasteiger partial charge in [0, 0.05) is 5.69 Å². The van der Waals surface area contributed by atoms with Gasteiger partial charge in [0.15, 0.2) is 6.61 Å². The summed E-state index contributed by atoms with van der Waals surface area (Å²) >= 11 is 5.66. The molecule has 0 heterocycles. The Morgan fingerprint density at radius 1 is 1.53 bits per heavy atom. The molecule has 0 saturated heterocycles. The third kappa shape index (κ3) is 3.70.